The van der Waals surface area contributed by atoms with Crippen molar-refractivity contribution in [1.82, 2.24) is 4.98 Å². The average molecular weight is 323 g/mol. The lowest BCUT2D eigenvalue weighted by Gasteiger charge is -2.12. The fraction of sp³-hybridized carbons (Fsp3) is 0.375. The fourth-order valence-corrected chi connectivity index (χ4v) is 2.73. The van der Waals surface area contributed by atoms with E-state index >= 15 is 0 Å². The molecule has 0 spiro atoms. The number of hydrogen-bond acceptors (Lipinski definition) is 5. The molecule has 2 aromatic rings. The summed E-state index contributed by atoms with van der Waals surface area (Å²) in [6.45, 7) is 6.06. The van der Waals surface area contributed by atoms with Gasteiger partial charge in [-0.25, -0.2) is 14.2 Å². The molecule has 0 aliphatic carbocycles. The number of esters is 1. The first kappa shape index (κ1) is 16.6. The third kappa shape index (κ3) is 4.11. The number of benzene rings is 1. The van der Waals surface area contributed by atoms with Gasteiger partial charge in [-0.15, -0.1) is 11.3 Å². The number of halogens is 1. The summed E-state index contributed by atoms with van der Waals surface area (Å²) in [4.78, 5) is 16.3. The van der Waals surface area contributed by atoms with Gasteiger partial charge in [-0.05, 0) is 38.5 Å². The predicted octanol–water partition coefficient (Wildman–Crippen LogP) is 4.30. The molecular formula is C16H18FNO3S. The fourth-order valence-electron chi connectivity index (χ4n) is 1.94. The molecule has 0 fully saturated rings. The first-order chi connectivity index (χ1) is 10.5. The van der Waals surface area contributed by atoms with E-state index in [-0.39, 0.29) is 17.6 Å². The molecule has 1 aromatic heterocycles. The Morgan fingerprint density at radius 1 is 1.36 bits per heavy atom. The Hall–Kier alpha value is -1.79. The van der Waals surface area contributed by atoms with E-state index in [0.29, 0.717) is 12.2 Å². The second-order valence-electron chi connectivity index (χ2n) is 4.77. The lowest BCUT2D eigenvalue weighted by atomic mass is 10.1. The number of rotatable bonds is 6. The second-order valence-corrected chi connectivity index (χ2v) is 5.66. The SMILES string of the molecule is CCOC(C)c1nc(C(=O)OC(C)c2cccc(F)c2)cs1. The van der Waals surface area contributed by atoms with Crippen LogP contribution in [0.5, 0.6) is 0 Å². The summed E-state index contributed by atoms with van der Waals surface area (Å²) in [5.41, 5.74) is 0.848. The first-order valence-corrected chi connectivity index (χ1v) is 7.92. The number of aromatic nitrogens is 1. The van der Waals surface area contributed by atoms with Crippen LogP contribution >= 0.6 is 11.3 Å². The normalized spacial score (nSPS) is 13.6. The first-order valence-electron chi connectivity index (χ1n) is 7.04. The molecule has 2 rings (SSSR count). The van der Waals surface area contributed by atoms with Crippen LogP contribution in [0.25, 0.3) is 0 Å². The minimum absolute atomic E-state index is 0.155. The number of nitrogens with zero attached hydrogens (tertiary/aromatic N) is 1. The van der Waals surface area contributed by atoms with Gasteiger partial charge < -0.3 is 9.47 Å². The number of hydrogen-bond donors (Lipinski definition) is 0. The highest BCUT2D eigenvalue weighted by Crippen LogP contribution is 2.23. The topological polar surface area (TPSA) is 48.4 Å². The van der Waals surface area contributed by atoms with Crippen molar-refractivity contribution in [3.05, 3.63) is 51.7 Å². The molecule has 0 amide bonds. The van der Waals surface area contributed by atoms with Crippen LogP contribution in [-0.2, 0) is 9.47 Å². The van der Waals surface area contributed by atoms with Crippen molar-refractivity contribution in [2.75, 3.05) is 6.61 Å². The smallest absolute Gasteiger partial charge is 0.358 e. The van der Waals surface area contributed by atoms with Crippen molar-refractivity contribution in [2.24, 2.45) is 0 Å². The maximum absolute atomic E-state index is 13.2. The highest BCUT2D eigenvalue weighted by atomic mass is 32.1. The Morgan fingerprint density at radius 3 is 2.82 bits per heavy atom. The average Bonchev–Trinajstić information content (AvgIpc) is 2.97. The van der Waals surface area contributed by atoms with E-state index in [2.05, 4.69) is 4.98 Å². The maximum atomic E-state index is 13.2. The quantitative estimate of drug-likeness (QED) is 0.744. The van der Waals surface area contributed by atoms with Crippen LogP contribution in [-0.4, -0.2) is 17.6 Å². The van der Waals surface area contributed by atoms with E-state index in [1.54, 1.807) is 24.4 Å². The van der Waals surface area contributed by atoms with Crippen LogP contribution < -0.4 is 0 Å². The zero-order chi connectivity index (χ0) is 16.1. The Kier molecular flexibility index (Phi) is 5.63. The summed E-state index contributed by atoms with van der Waals surface area (Å²) in [5.74, 6) is -0.884. The highest BCUT2D eigenvalue weighted by molar-refractivity contribution is 7.09. The highest BCUT2D eigenvalue weighted by Gasteiger charge is 2.19. The molecule has 22 heavy (non-hydrogen) atoms. The van der Waals surface area contributed by atoms with Crippen molar-refractivity contribution in [2.45, 2.75) is 33.0 Å². The van der Waals surface area contributed by atoms with Crippen molar-refractivity contribution >= 4 is 17.3 Å². The summed E-state index contributed by atoms with van der Waals surface area (Å²) in [6.07, 6.45) is -0.699. The van der Waals surface area contributed by atoms with Crippen molar-refractivity contribution in [3.63, 3.8) is 0 Å². The van der Waals surface area contributed by atoms with Crippen LogP contribution in [0, 0.1) is 5.82 Å². The summed E-state index contributed by atoms with van der Waals surface area (Å²) >= 11 is 1.35. The molecule has 0 N–H and O–H groups in total. The van der Waals surface area contributed by atoms with Gasteiger partial charge >= 0.3 is 5.97 Å². The predicted molar refractivity (Wildman–Crippen MR) is 82.4 cm³/mol. The van der Waals surface area contributed by atoms with Gasteiger partial charge in [0.1, 0.15) is 23.0 Å². The minimum Gasteiger partial charge on any atom is -0.453 e. The monoisotopic (exact) mass is 323 g/mol. The van der Waals surface area contributed by atoms with E-state index in [4.69, 9.17) is 9.47 Å². The van der Waals surface area contributed by atoms with Crippen LogP contribution in [0.1, 0.15) is 54.0 Å². The van der Waals surface area contributed by atoms with Gasteiger partial charge in [-0.2, -0.15) is 0 Å². The third-order valence-electron chi connectivity index (χ3n) is 3.10. The Morgan fingerprint density at radius 2 is 2.14 bits per heavy atom. The number of carbonyl (C=O) groups excluding carboxylic acids is 1. The molecule has 0 saturated carbocycles. The van der Waals surface area contributed by atoms with Gasteiger partial charge in [-0.3, -0.25) is 0 Å². The van der Waals surface area contributed by atoms with Gasteiger partial charge in [0.15, 0.2) is 5.69 Å². The molecule has 0 aliphatic heterocycles. The maximum Gasteiger partial charge on any atom is 0.358 e. The van der Waals surface area contributed by atoms with Crippen LogP contribution in [0.15, 0.2) is 29.6 Å². The largest absolute Gasteiger partial charge is 0.453 e. The van der Waals surface area contributed by atoms with Crippen LogP contribution in [0.4, 0.5) is 4.39 Å². The number of thiazole rings is 1. The van der Waals surface area contributed by atoms with Crippen molar-refractivity contribution in [3.8, 4) is 0 Å². The number of ether oxygens (including phenoxy) is 2. The zero-order valence-electron chi connectivity index (χ0n) is 12.7. The minimum atomic E-state index is -0.544. The summed E-state index contributed by atoms with van der Waals surface area (Å²) in [7, 11) is 0. The van der Waals surface area contributed by atoms with Gasteiger partial charge in [0.25, 0.3) is 0 Å². The lowest BCUT2D eigenvalue weighted by molar-refractivity contribution is 0.0329. The van der Waals surface area contributed by atoms with Crippen molar-refractivity contribution < 1.29 is 18.7 Å². The van der Waals surface area contributed by atoms with E-state index in [1.807, 2.05) is 13.8 Å². The van der Waals surface area contributed by atoms with E-state index < -0.39 is 12.1 Å². The molecule has 0 saturated heterocycles. The molecule has 118 valence electrons. The third-order valence-corrected chi connectivity index (χ3v) is 4.10. The van der Waals surface area contributed by atoms with Gasteiger partial charge in [0, 0.05) is 12.0 Å². The second kappa shape index (κ2) is 7.47. The summed E-state index contributed by atoms with van der Waals surface area (Å²) in [6, 6.07) is 5.99. The van der Waals surface area contributed by atoms with Crippen molar-refractivity contribution in [1.29, 1.82) is 0 Å². The molecule has 1 aromatic carbocycles. The molecule has 4 nitrogen and oxygen atoms in total. The molecule has 0 radical (unpaired) electrons. The molecule has 0 aliphatic rings. The molecule has 6 heteroatoms. The van der Waals surface area contributed by atoms with Gasteiger partial charge in [0.2, 0.25) is 0 Å². The Labute approximate surface area is 132 Å². The molecule has 0 bridgehead atoms. The zero-order valence-corrected chi connectivity index (χ0v) is 13.5. The van der Waals surface area contributed by atoms with Crippen LogP contribution in [0.2, 0.25) is 0 Å². The van der Waals surface area contributed by atoms with Crippen LogP contribution in [0.3, 0.4) is 0 Å². The van der Waals surface area contributed by atoms with E-state index in [9.17, 15) is 9.18 Å². The standard InChI is InChI=1S/C16H18FNO3S/c1-4-20-11(3)15-18-14(9-22-15)16(19)21-10(2)12-6-5-7-13(17)8-12/h5-11H,4H2,1-3H3. The lowest BCUT2D eigenvalue weighted by Crippen LogP contribution is -2.10. The molecule has 1 heterocycles. The van der Waals surface area contributed by atoms with E-state index in [1.165, 1.54) is 23.5 Å². The Bertz CT molecular complexity index is 644. The van der Waals surface area contributed by atoms with Gasteiger partial charge in [-0.1, -0.05) is 12.1 Å². The molecule has 2 unspecified atom stereocenters. The molecular weight excluding hydrogens is 305 g/mol. The number of carbonyl (C=O) groups is 1. The molecule has 2 atom stereocenters. The van der Waals surface area contributed by atoms with E-state index in [0.717, 1.165) is 5.01 Å². The van der Waals surface area contributed by atoms with Gasteiger partial charge in [0.05, 0.1) is 0 Å². The Balaban J connectivity index is 2.03. The summed E-state index contributed by atoms with van der Waals surface area (Å²) < 4.78 is 24.0. The summed E-state index contributed by atoms with van der Waals surface area (Å²) in [5, 5.41) is 2.37.